The van der Waals surface area contributed by atoms with Crippen LogP contribution >= 0.6 is 0 Å². The zero-order chi connectivity index (χ0) is 24.1. The molecule has 0 spiro atoms. The molecule has 1 atom stereocenters. The Morgan fingerprint density at radius 2 is 1.85 bits per heavy atom. The largest absolute Gasteiger partial charge is 0.497 e. The van der Waals surface area contributed by atoms with Crippen LogP contribution in [0.4, 0.5) is 10.5 Å². The van der Waals surface area contributed by atoms with E-state index in [1.54, 1.807) is 29.8 Å². The molecule has 180 valence electrons. The van der Waals surface area contributed by atoms with E-state index in [4.69, 9.17) is 14.5 Å². The Kier molecular flexibility index (Phi) is 7.44. The fraction of sp³-hybridized carbons (Fsp3) is 0.400. The van der Waals surface area contributed by atoms with Gasteiger partial charge in [0, 0.05) is 45.0 Å². The summed E-state index contributed by atoms with van der Waals surface area (Å²) in [5, 5.41) is 3.54. The molecule has 3 aromatic rings. The Labute approximate surface area is 198 Å². The molecule has 2 amide bonds. The molecular weight excluding hydrogens is 434 g/mol. The van der Waals surface area contributed by atoms with E-state index in [-0.39, 0.29) is 17.6 Å². The van der Waals surface area contributed by atoms with Gasteiger partial charge in [-0.2, -0.15) is 0 Å². The normalized spacial score (nSPS) is 15.3. The van der Waals surface area contributed by atoms with Gasteiger partial charge in [-0.15, -0.1) is 0 Å². The third-order valence-electron chi connectivity index (χ3n) is 6.25. The Hall–Kier alpha value is -3.43. The van der Waals surface area contributed by atoms with Gasteiger partial charge in [0.1, 0.15) is 11.6 Å². The first-order chi connectivity index (χ1) is 16.5. The number of nitrogens with zero attached hydrogens (tertiary/aromatic N) is 4. The third-order valence-corrected chi connectivity index (χ3v) is 6.25. The quantitative estimate of drug-likeness (QED) is 0.577. The van der Waals surface area contributed by atoms with Crippen LogP contribution < -0.4 is 15.6 Å². The molecule has 0 radical (unpaired) electrons. The summed E-state index contributed by atoms with van der Waals surface area (Å²) in [4.78, 5) is 34.9. The average Bonchev–Trinajstić information content (AvgIpc) is 2.88. The van der Waals surface area contributed by atoms with Crippen LogP contribution in [0.3, 0.4) is 0 Å². The van der Waals surface area contributed by atoms with Crippen molar-refractivity contribution < 1.29 is 14.3 Å². The maximum absolute atomic E-state index is 13.2. The summed E-state index contributed by atoms with van der Waals surface area (Å²) in [5.41, 5.74) is 1.34. The summed E-state index contributed by atoms with van der Waals surface area (Å²) in [6, 6.07) is 14.5. The number of hydrogen-bond acceptors (Lipinski definition) is 6. The van der Waals surface area contributed by atoms with Gasteiger partial charge in [0.05, 0.1) is 37.2 Å². The van der Waals surface area contributed by atoms with E-state index in [1.807, 2.05) is 42.5 Å². The number of hydrogen-bond donors (Lipinski definition) is 1. The summed E-state index contributed by atoms with van der Waals surface area (Å²) in [6.07, 6.45) is 0. The number of benzene rings is 2. The highest BCUT2D eigenvalue weighted by molar-refractivity contribution is 5.89. The number of para-hydroxylation sites is 1. The second kappa shape index (κ2) is 10.7. The van der Waals surface area contributed by atoms with Crippen molar-refractivity contribution >= 4 is 22.6 Å². The number of anilines is 1. The first-order valence-corrected chi connectivity index (χ1v) is 11.4. The Morgan fingerprint density at radius 3 is 2.59 bits per heavy atom. The first kappa shape index (κ1) is 23.7. The molecule has 34 heavy (non-hydrogen) atoms. The van der Waals surface area contributed by atoms with E-state index in [1.165, 1.54) is 0 Å². The Morgan fingerprint density at radius 1 is 1.09 bits per heavy atom. The molecule has 1 fully saturated rings. The molecule has 0 aliphatic carbocycles. The summed E-state index contributed by atoms with van der Waals surface area (Å²) in [7, 11) is 3.22. The summed E-state index contributed by atoms with van der Waals surface area (Å²) >= 11 is 0. The second-order valence-corrected chi connectivity index (χ2v) is 8.30. The molecule has 1 unspecified atom stereocenters. The minimum atomic E-state index is -0.138. The van der Waals surface area contributed by atoms with Gasteiger partial charge in [-0.05, 0) is 31.2 Å². The van der Waals surface area contributed by atoms with Gasteiger partial charge in [-0.25, -0.2) is 9.78 Å². The van der Waals surface area contributed by atoms with Crippen molar-refractivity contribution in [3.63, 3.8) is 0 Å². The van der Waals surface area contributed by atoms with E-state index >= 15 is 0 Å². The number of carbonyl (C=O) groups is 1. The summed E-state index contributed by atoms with van der Waals surface area (Å²) < 4.78 is 12.2. The van der Waals surface area contributed by atoms with E-state index in [9.17, 15) is 9.59 Å². The lowest BCUT2D eigenvalue weighted by atomic mass is 10.2. The third kappa shape index (κ3) is 5.05. The summed E-state index contributed by atoms with van der Waals surface area (Å²) in [6.45, 7) is 5.45. The maximum atomic E-state index is 13.2. The second-order valence-electron chi connectivity index (χ2n) is 8.30. The number of methoxy groups -OCH3 is 2. The highest BCUT2D eigenvalue weighted by Gasteiger charge is 2.27. The monoisotopic (exact) mass is 465 g/mol. The molecule has 2 aromatic carbocycles. The molecule has 0 bridgehead atoms. The maximum Gasteiger partial charge on any atom is 0.321 e. The van der Waals surface area contributed by atoms with E-state index in [0.717, 1.165) is 5.82 Å². The van der Waals surface area contributed by atoms with Crippen LogP contribution in [-0.2, 0) is 11.3 Å². The van der Waals surface area contributed by atoms with Crippen molar-refractivity contribution in [2.24, 2.45) is 0 Å². The van der Waals surface area contributed by atoms with Gasteiger partial charge in [0.2, 0.25) is 0 Å². The molecule has 4 rings (SSSR count). The van der Waals surface area contributed by atoms with Crippen LogP contribution in [0.25, 0.3) is 10.9 Å². The molecule has 1 aliphatic rings. The predicted octanol–water partition coefficient (Wildman–Crippen LogP) is 2.96. The number of urea groups is 1. The van der Waals surface area contributed by atoms with Gasteiger partial charge in [0.25, 0.3) is 5.56 Å². The smallest absolute Gasteiger partial charge is 0.321 e. The zero-order valence-corrected chi connectivity index (χ0v) is 19.9. The molecule has 1 aromatic heterocycles. The standard InChI is InChI=1S/C25H31N5O4/c1-18(23-27-22-10-5-4-9-21(22)24(31)30(23)15-16-33-2)28-11-13-29(14-12-28)25(32)26-19-7-6-8-20(17-19)34-3/h4-10,17-18H,11-16H2,1-3H3,(H,26,32). The van der Waals surface area contributed by atoms with Crippen LogP contribution in [0.15, 0.2) is 53.3 Å². The van der Waals surface area contributed by atoms with Crippen LogP contribution in [0.2, 0.25) is 0 Å². The van der Waals surface area contributed by atoms with Gasteiger partial charge < -0.3 is 19.7 Å². The number of rotatable bonds is 7. The van der Waals surface area contributed by atoms with Crippen molar-refractivity contribution in [2.45, 2.75) is 19.5 Å². The highest BCUT2D eigenvalue weighted by Crippen LogP contribution is 2.22. The lowest BCUT2D eigenvalue weighted by molar-refractivity contribution is 0.112. The van der Waals surface area contributed by atoms with Crippen LogP contribution in [-0.4, -0.2) is 72.4 Å². The number of nitrogens with one attached hydrogen (secondary N) is 1. The number of aromatic nitrogens is 2. The zero-order valence-electron chi connectivity index (χ0n) is 19.9. The van der Waals surface area contributed by atoms with Gasteiger partial charge in [0.15, 0.2) is 0 Å². The molecular formula is C25H31N5O4. The minimum Gasteiger partial charge on any atom is -0.497 e. The van der Waals surface area contributed by atoms with Gasteiger partial charge in [-0.3, -0.25) is 14.3 Å². The Bertz CT molecular complexity index is 1200. The lowest BCUT2D eigenvalue weighted by Gasteiger charge is -2.38. The first-order valence-electron chi connectivity index (χ1n) is 11.4. The Balaban J connectivity index is 1.47. The molecule has 9 heteroatoms. The number of piperazine rings is 1. The van der Waals surface area contributed by atoms with Gasteiger partial charge in [-0.1, -0.05) is 18.2 Å². The van der Waals surface area contributed by atoms with Crippen molar-refractivity contribution in [1.29, 1.82) is 0 Å². The number of fused-ring (bicyclic) bond motifs is 1. The SMILES string of the molecule is COCCn1c(C(C)N2CCN(C(=O)Nc3cccc(OC)c3)CC2)nc2ccccc2c1=O. The molecule has 2 heterocycles. The molecule has 1 saturated heterocycles. The van der Waals surface area contributed by atoms with E-state index in [0.29, 0.717) is 61.7 Å². The average molecular weight is 466 g/mol. The number of amides is 2. The summed E-state index contributed by atoms with van der Waals surface area (Å²) in [5.74, 6) is 1.41. The number of ether oxygens (including phenoxy) is 2. The molecule has 1 aliphatic heterocycles. The van der Waals surface area contributed by atoms with Crippen LogP contribution in [0, 0.1) is 0 Å². The fourth-order valence-corrected chi connectivity index (χ4v) is 4.28. The predicted molar refractivity (Wildman–Crippen MR) is 131 cm³/mol. The van der Waals surface area contributed by atoms with Crippen molar-refractivity contribution in [3.05, 3.63) is 64.7 Å². The van der Waals surface area contributed by atoms with Crippen molar-refractivity contribution in [1.82, 2.24) is 19.4 Å². The van der Waals surface area contributed by atoms with Gasteiger partial charge >= 0.3 is 6.03 Å². The molecule has 1 N–H and O–H groups in total. The van der Waals surface area contributed by atoms with E-state index in [2.05, 4.69) is 17.1 Å². The lowest BCUT2D eigenvalue weighted by Crippen LogP contribution is -2.51. The fourth-order valence-electron chi connectivity index (χ4n) is 4.28. The van der Waals surface area contributed by atoms with Crippen LogP contribution in [0.1, 0.15) is 18.8 Å². The highest BCUT2D eigenvalue weighted by atomic mass is 16.5. The minimum absolute atomic E-state index is 0.0548. The van der Waals surface area contributed by atoms with Crippen molar-refractivity contribution in [3.8, 4) is 5.75 Å². The van der Waals surface area contributed by atoms with Crippen LogP contribution in [0.5, 0.6) is 5.75 Å². The molecule has 9 nitrogen and oxygen atoms in total. The number of carbonyl (C=O) groups excluding carboxylic acids is 1. The molecule has 0 saturated carbocycles. The van der Waals surface area contributed by atoms with E-state index < -0.39 is 0 Å². The van der Waals surface area contributed by atoms with Crippen molar-refractivity contribution in [2.75, 3.05) is 52.3 Å². The topological polar surface area (TPSA) is 88.9 Å².